The summed E-state index contributed by atoms with van der Waals surface area (Å²) in [5.41, 5.74) is 0.250. The monoisotopic (exact) mass is 382 g/mol. The van der Waals surface area contributed by atoms with Gasteiger partial charge in [0.05, 0.1) is 30.8 Å². The fourth-order valence-electron chi connectivity index (χ4n) is 9.02. The highest BCUT2D eigenvalue weighted by atomic mass is 79.9. The van der Waals surface area contributed by atoms with Crippen LogP contribution in [0.25, 0.3) is 0 Å². The first kappa shape index (κ1) is 13.5. The lowest BCUT2D eigenvalue weighted by molar-refractivity contribution is -0.300. The molecular weight excluding hydrogens is 360 g/mol. The van der Waals surface area contributed by atoms with Crippen molar-refractivity contribution in [3.05, 3.63) is 0 Å². The summed E-state index contributed by atoms with van der Waals surface area (Å²) < 4.78 is 25.7. The van der Waals surface area contributed by atoms with Crippen molar-refractivity contribution >= 4 is 15.9 Å². The molecule has 5 heteroatoms. The van der Waals surface area contributed by atoms with E-state index in [-0.39, 0.29) is 21.3 Å². The zero-order valence-corrected chi connectivity index (χ0v) is 15.0. The Morgan fingerprint density at radius 3 is 1.96 bits per heavy atom. The van der Waals surface area contributed by atoms with Crippen LogP contribution in [0.5, 0.6) is 0 Å². The molecule has 23 heavy (non-hydrogen) atoms. The fraction of sp³-hybridized carbons (Fsp3) is 1.00. The number of hydrogen-bond acceptors (Lipinski definition) is 4. The number of hydrogen-bond donors (Lipinski definition) is 0. The van der Waals surface area contributed by atoms with Crippen molar-refractivity contribution in [1.29, 1.82) is 0 Å². The molecule has 6 saturated carbocycles. The first-order valence-corrected chi connectivity index (χ1v) is 10.2. The van der Waals surface area contributed by atoms with Crippen LogP contribution in [0.15, 0.2) is 0 Å². The first-order valence-electron chi connectivity index (χ1n) is 9.45. The van der Waals surface area contributed by atoms with Gasteiger partial charge in [-0.15, -0.1) is 0 Å². The molecule has 2 spiro atoms. The van der Waals surface area contributed by atoms with Crippen molar-refractivity contribution in [2.24, 2.45) is 40.9 Å². The van der Waals surface area contributed by atoms with Crippen molar-refractivity contribution in [3.8, 4) is 0 Å². The molecule has 6 aliphatic carbocycles. The Morgan fingerprint density at radius 2 is 1.30 bits per heavy atom. The van der Waals surface area contributed by atoms with Crippen molar-refractivity contribution in [2.75, 3.05) is 26.4 Å². The van der Waals surface area contributed by atoms with Gasteiger partial charge in [-0.3, -0.25) is 0 Å². The number of alkyl halides is 1. The van der Waals surface area contributed by atoms with Gasteiger partial charge in [-0.2, -0.15) is 0 Å². The number of halogens is 1. The molecule has 0 aromatic rings. The third-order valence-electron chi connectivity index (χ3n) is 8.92. The van der Waals surface area contributed by atoms with E-state index in [0.29, 0.717) is 23.7 Å². The summed E-state index contributed by atoms with van der Waals surface area (Å²) in [4.78, 5) is 0. The lowest BCUT2D eigenvalue weighted by Crippen LogP contribution is -2.75. The molecule has 0 amide bonds. The molecule has 8 aliphatic rings. The highest BCUT2D eigenvalue weighted by Crippen LogP contribution is 3.01. The molecule has 2 saturated heterocycles. The molecule has 0 radical (unpaired) electrons. The zero-order valence-electron chi connectivity index (χ0n) is 13.4. The van der Waals surface area contributed by atoms with Gasteiger partial charge in [0.15, 0.2) is 11.6 Å². The van der Waals surface area contributed by atoms with Crippen LogP contribution in [0.4, 0.5) is 0 Å². The van der Waals surface area contributed by atoms with Crippen LogP contribution in [-0.4, -0.2) is 42.3 Å². The van der Waals surface area contributed by atoms with Crippen molar-refractivity contribution in [3.63, 3.8) is 0 Å². The Kier molecular flexibility index (Phi) is 2.10. The summed E-state index contributed by atoms with van der Waals surface area (Å²) in [6, 6.07) is 0. The Balaban J connectivity index is 1.44. The van der Waals surface area contributed by atoms with Gasteiger partial charge in [0.1, 0.15) is 0 Å². The van der Waals surface area contributed by atoms with E-state index in [1.54, 1.807) is 0 Å². The SMILES string of the molecule is CCCC[C@]12[C@H]3[C@@H]4[C@@H]1[C@@H]1[C@@H]([C@@H]3[C@]4(Br)C13OCCO3)C21OCCO1. The minimum atomic E-state index is -0.388. The van der Waals surface area contributed by atoms with Crippen molar-refractivity contribution in [2.45, 2.75) is 42.1 Å². The van der Waals surface area contributed by atoms with E-state index >= 15 is 0 Å². The molecule has 8 fully saturated rings. The van der Waals surface area contributed by atoms with Crippen LogP contribution >= 0.6 is 15.9 Å². The Morgan fingerprint density at radius 1 is 0.783 bits per heavy atom. The minimum absolute atomic E-state index is 0.0374. The second-order valence-corrected chi connectivity index (χ2v) is 10.1. The second-order valence-electron chi connectivity index (χ2n) is 8.80. The molecule has 0 aromatic carbocycles. The zero-order chi connectivity index (χ0) is 15.2. The summed E-state index contributed by atoms with van der Waals surface area (Å²) >= 11 is 4.19. The fourth-order valence-corrected chi connectivity index (χ4v) is 10.7. The molecule has 4 bridgehead atoms. The molecule has 4 nitrogen and oxygen atoms in total. The molecule has 0 N–H and O–H groups in total. The third-order valence-corrected chi connectivity index (χ3v) is 10.5. The van der Waals surface area contributed by atoms with Gasteiger partial charge >= 0.3 is 0 Å². The van der Waals surface area contributed by atoms with Crippen LogP contribution in [0.1, 0.15) is 26.2 Å². The molecule has 8 atom stereocenters. The second kappa shape index (κ2) is 3.57. The van der Waals surface area contributed by atoms with Crippen LogP contribution in [0, 0.1) is 40.9 Å². The van der Waals surface area contributed by atoms with E-state index in [2.05, 4.69) is 22.9 Å². The Hall–Kier alpha value is 0.320. The van der Waals surface area contributed by atoms with E-state index in [0.717, 1.165) is 38.3 Å². The summed E-state index contributed by atoms with van der Waals surface area (Å²) in [5.74, 6) is 3.01. The van der Waals surface area contributed by atoms with Gasteiger partial charge in [-0.1, -0.05) is 35.7 Å². The molecule has 8 rings (SSSR count). The van der Waals surface area contributed by atoms with Crippen LogP contribution < -0.4 is 0 Å². The van der Waals surface area contributed by atoms with Crippen LogP contribution in [0.3, 0.4) is 0 Å². The van der Waals surface area contributed by atoms with Gasteiger partial charge in [0.2, 0.25) is 0 Å². The summed E-state index contributed by atoms with van der Waals surface area (Å²) in [7, 11) is 0. The highest BCUT2D eigenvalue weighted by Gasteiger charge is 3.07. The molecule has 2 heterocycles. The minimum Gasteiger partial charge on any atom is -0.347 e. The average Bonchev–Trinajstić information content (AvgIpc) is 3.31. The standard InChI is InChI=1S/C18H23BrO4/c1-2-3-4-15-9-11-10(15)13-14(17(15)20-5-6-21-17)12(9)16(11,19)18(13)22-7-8-23-18/h9-14H,2-8H2,1H3/t9-,10+,11+,12+,13+,14+,15-,16-/m0/s1. The Labute approximate surface area is 144 Å². The number of unbranched alkanes of at least 4 members (excludes halogenated alkanes) is 1. The molecule has 0 unspecified atom stereocenters. The first-order chi connectivity index (χ1) is 11.2. The van der Waals surface area contributed by atoms with Gasteiger partial charge in [-0.25, -0.2) is 0 Å². The topological polar surface area (TPSA) is 36.9 Å². The maximum Gasteiger partial charge on any atom is 0.187 e. The quantitative estimate of drug-likeness (QED) is 0.702. The molecule has 2 aliphatic heterocycles. The van der Waals surface area contributed by atoms with E-state index < -0.39 is 0 Å². The van der Waals surface area contributed by atoms with Gasteiger partial charge < -0.3 is 18.9 Å². The largest absolute Gasteiger partial charge is 0.347 e. The van der Waals surface area contributed by atoms with Crippen LogP contribution in [0.2, 0.25) is 0 Å². The number of ether oxygens (including phenoxy) is 4. The predicted octanol–water partition coefficient (Wildman–Crippen LogP) is 2.55. The maximum atomic E-state index is 6.48. The van der Waals surface area contributed by atoms with Gasteiger partial charge in [0.25, 0.3) is 0 Å². The Bertz CT molecular complexity index is 612. The molecule has 126 valence electrons. The summed E-state index contributed by atoms with van der Waals surface area (Å²) in [6.45, 7) is 5.30. The van der Waals surface area contributed by atoms with E-state index in [1.807, 2.05) is 0 Å². The van der Waals surface area contributed by atoms with E-state index in [9.17, 15) is 0 Å². The lowest BCUT2D eigenvalue weighted by Gasteiger charge is -2.72. The molecular formula is C18H23BrO4. The molecule has 0 aromatic heterocycles. The predicted molar refractivity (Wildman–Crippen MR) is 83.8 cm³/mol. The maximum absolute atomic E-state index is 6.48. The van der Waals surface area contributed by atoms with Crippen LogP contribution in [-0.2, 0) is 18.9 Å². The summed E-state index contributed by atoms with van der Waals surface area (Å²) in [5, 5.41) is 0. The van der Waals surface area contributed by atoms with Gasteiger partial charge in [-0.05, 0) is 30.1 Å². The van der Waals surface area contributed by atoms with Crippen molar-refractivity contribution in [1.82, 2.24) is 0 Å². The normalized spacial score (nSPS) is 63.4. The summed E-state index contributed by atoms with van der Waals surface area (Å²) in [6.07, 6.45) is 3.79. The van der Waals surface area contributed by atoms with E-state index in [1.165, 1.54) is 19.3 Å². The highest BCUT2D eigenvalue weighted by molar-refractivity contribution is 9.10. The third kappa shape index (κ3) is 0.898. The number of rotatable bonds is 3. The van der Waals surface area contributed by atoms with E-state index in [4.69, 9.17) is 18.9 Å². The van der Waals surface area contributed by atoms with Crippen molar-refractivity contribution < 1.29 is 18.9 Å². The van der Waals surface area contributed by atoms with Gasteiger partial charge in [0, 0.05) is 17.3 Å². The smallest absolute Gasteiger partial charge is 0.187 e. The average molecular weight is 383 g/mol. The lowest BCUT2D eigenvalue weighted by atomic mass is 9.34.